The average molecular weight is 234 g/mol. The highest BCUT2D eigenvalue weighted by atomic mass is 16.5. The Morgan fingerprint density at radius 3 is 2.59 bits per heavy atom. The largest absolute Gasteiger partial charge is 0.486 e. The number of nitrogens with two attached hydrogens (primary N) is 1. The molecule has 2 rings (SSSR count). The van der Waals surface area contributed by atoms with Crippen LogP contribution in [-0.2, 0) is 0 Å². The summed E-state index contributed by atoms with van der Waals surface area (Å²) in [5.74, 6) is 1.43. The summed E-state index contributed by atoms with van der Waals surface area (Å²) in [7, 11) is 0. The topological polar surface area (TPSA) is 38.5 Å². The molecule has 0 radical (unpaired) electrons. The predicted molar refractivity (Wildman–Crippen MR) is 72.6 cm³/mol. The lowest BCUT2D eigenvalue weighted by Gasteiger charge is -2.40. The van der Waals surface area contributed by atoms with Crippen molar-refractivity contribution in [3.8, 4) is 5.75 Å². The van der Waals surface area contributed by atoms with Crippen molar-refractivity contribution in [2.24, 2.45) is 5.92 Å². The van der Waals surface area contributed by atoms with Crippen molar-refractivity contribution < 1.29 is 4.74 Å². The van der Waals surface area contributed by atoms with Gasteiger partial charge in [-0.15, -0.1) is 0 Å². The summed E-state index contributed by atoms with van der Waals surface area (Å²) < 4.78 is 6.03. The van der Waals surface area contributed by atoms with Crippen LogP contribution in [0.2, 0.25) is 0 Å². The molecule has 1 aliphatic rings. The maximum absolute atomic E-state index is 6.07. The molecule has 0 saturated carbocycles. The first-order valence-corrected chi connectivity index (χ1v) is 6.32. The first-order chi connectivity index (χ1) is 8.00. The van der Waals surface area contributed by atoms with E-state index in [1.807, 2.05) is 18.2 Å². The van der Waals surface area contributed by atoms with E-state index in [1.165, 1.54) is 0 Å². The number of nitrogen functional groups attached to an aromatic ring is 1. The van der Waals surface area contributed by atoms with Gasteiger partial charge in [0.15, 0.2) is 0 Å². The van der Waals surface area contributed by atoms with Crippen molar-refractivity contribution in [3.05, 3.63) is 18.2 Å². The molecule has 0 fully saturated rings. The third kappa shape index (κ3) is 2.19. The monoisotopic (exact) mass is 234 g/mol. The molecule has 1 aliphatic heterocycles. The Morgan fingerprint density at radius 1 is 1.29 bits per heavy atom. The van der Waals surface area contributed by atoms with Gasteiger partial charge in [-0.25, -0.2) is 0 Å². The Morgan fingerprint density at radius 2 is 2.00 bits per heavy atom. The summed E-state index contributed by atoms with van der Waals surface area (Å²) in [6, 6.07) is 6.33. The zero-order chi connectivity index (χ0) is 12.6. The standard InChI is InChI=1S/C14H22N2O/c1-9(2)13-8-16(10(3)4)14-11(15)6-5-7-12(14)17-13/h5-7,9-10,13H,8,15H2,1-4H3. The van der Waals surface area contributed by atoms with Crippen LogP contribution in [0, 0.1) is 5.92 Å². The SMILES string of the molecule is CC(C)C1CN(C(C)C)c2c(N)cccc2O1. The quantitative estimate of drug-likeness (QED) is 0.800. The molecule has 17 heavy (non-hydrogen) atoms. The van der Waals surface area contributed by atoms with Crippen LogP contribution in [0.1, 0.15) is 27.7 Å². The fourth-order valence-corrected chi connectivity index (χ4v) is 2.24. The van der Waals surface area contributed by atoms with Crippen molar-refractivity contribution >= 4 is 11.4 Å². The number of rotatable bonds is 2. The Bertz CT molecular complexity index is 401. The van der Waals surface area contributed by atoms with E-state index in [1.54, 1.807) is 0 Å². The summed E-state index contributed by atoms with van der Waals surface area (Å²) in [5, 5.41) is 0. The molecule has 0 bridgehead atoms. The lowest BCUT2D eigenvalue weighted by atomic mass is 10.0. The molecular formula is C14H22N2O. The minimum absolute atomic E-state index is 0.242. The first kappa shape index (κ1) is 12.1. The molecular weight excluding hydrogens is 212 g/mol. The zero-order valence-corrected chi connectivity index (χ0v) is 11.1. The fraction of sp³-hybridized carbons (Fsp3) is 0.571. The van der Waals surface area contributed by atoms with Gasteiger partial charge in [0.25, 0.3) is 0 Å². The molecule has 94 valence electrons. The van der Waals surface area contributed by atoms with Crippen molar-refractivity contribution in [1.82, 2.24) is 0 Å². The summed E-state index contributed by atoms with van der Waals surface area (Å²) in [4.78, 5) is 2.35. The second-order valence-electron chi connectivity index (χ2n) is 5.34. The van der Waals surface area contributed by atoms with Gasteiger partial charge in [0.1, 0.15) is 17.5 Å². The normalized spacial score (nSPS) is 19.4. The molecule has 0 aromatic heterocycles. The molecule has 1 atom stereocenters. The van der Waals surface area contributed by atoms with E-state index >= 15 is 0 Å². The predicted octanol–water partition coefficient (Wildman–Crippen LogP) is 2.90. The number of anilines is 2. The average Bonchev–Trinajstić information content (AvgIpc) is 2.27. The summed E-state index contributed by atoms with van der Waals surface area (Å²) >= 11 is 0. The lowest BCUT2D eigenvalue weighted by Crippen LogP contribution is -2.46. The first-order valence-electron chi connectivity index (χ1n) is 6.32. The van der Waals surface area contributed by atoms with Crippen LogP contribution in [0.3, 0.4) is 0 Å². The van der Waals surface area contributed by atoms with Crippen LogP contribution < -0.4 is 15.4 Å². The van der Waals surface area contributed by atoms with Crippen LogP contribution in [0.5, 0.6) is 5.75 Å². The second kappa shape index (κ2) is 4.47. The molecule has 2 N–H and O–H groups in total. The minimum atomic E-state index is 0.242. The van der Waals surface area contributed by atoms with Gasteiger partial charge in [-0.2, -0.15) is 0 Å². The number of benzene rings is 1. The van der Waals surface area contributed by atoms with Crippen molar-refractivity contribution in [2.75, 3.05) is 17.2 Å². The van der Waals surface area contributed by atoms with Gasteiger partial charge in [-0.3, -0.25) is 0 Å². The van der Waals surface area contributed by atoms with Crippen molar-refractivity contribution in [3.63, 3.8) is 0 Å². The summed E-state index contributed by atoms with van der Waals surface area (Å²) in [5.41, 5.74) is 7.93. The number of ether oxygens (including phenoxy) is 1. The molecule has 0 aliphatic carbocycles. The van der Waals surface area contributed by atoms with Crippen LogP contribution in [0.15, 0.2) is 18.2 Å². The summed E-state index contributed by atoms with van der Waals surface area (Å²) in [6.45, 7) is 9.69. The Labute approximate surface area is 104 Å². The number of hydrogen-bond acceptors (Lipinski definition) is 3. The number of nitrogens with zero attached hydrogens (tertiary/aromatic N) is 1. The third-order valence-electron chi connectivity index (χ3n) is 3.34. The maximum atomic E-state index is 6.07. The molecule has 1 aromatic carbocycles. The molecule has 3 nitrogen and oxygen atoms in total. The van der Waals surface area contributed by atoms with Crippen LogP contribution in [0.25, 0.3) is 0 Å². The van der Waals surface area contributed by atoms with E-state index in [0.717, 1.165) is 23.7 Å². The maximum Gasteiger partial charge on any atom is 0.145 e. The van der Waals surface area contributed by atoms with E-state index in [9.17, 15) is 0 Å². The van der Waals surface area contributed by atoms with Crippen LogP contribution in [0.4, 0.5) is 11.4 Å². The summed E-state index contributed by atoms with van der Waals surface area (Å²) in [6.07, 6.45) is 0.242. The van der Waals surface area contributed by atoms with Gasteiger partial charge < -0.3 is 15.4 Å². The molecule has 0 saturated heterocycles. The molecule has 1 aromatic rings. The van der Waals surface area contributed by atoms with E-state index in [2.05, 4.69) is 32.6 Å². The van der Waals surface area contributed by atoms with E-state index in [0.29, 0.717) is 12.0 Å². The smallest absolute Gasteiger partial charge is 0.145 e. The lowest BCUT2D eigenvalue weighted by molar-refractivity contribution is 0.143. The zero-order valence-electron chi connectivity index (χ0n) is 11.1. The van der Waals surface area contributed by atoms with Crippen LogP contribution in [-0.4, -0.2) is 18.7 Å². The molecule has 0 amide bonds. The van der Waals surface area contributed by atoms with Gasteiger partial charge >= 0.3 is 0 Å². The van der Waals surface area contributed by atoms with Gasteiger partial charge in [-0.05, 0) is 31.9 Å². The molecule has 1 heterocycles. The number of para-hydroxylation sites is 1. The Balaban J connectivity index is 2.42. The van der Waals surface area contributed by atoms with E-state index < -0.39 is 0 Å². The molecule has 0 spiro atoms. The van der Waals surface area contributed by atoms with Gasteiger partial charge in [0.2, 0.25) is 0 Å². The Hall–Kier alpha value is -1.38. The van der Waals surface area contributed by atoms with Gasteiger partial charge in [-0.1, -0.05) is 19.9 Å². The number of hydrogen-bond donors (Lipinski definition) is 1. The highest BCUT2D eigenvalue weighted by Crippen LogP contribution is 2.40. The number of fused-ring (bicyclic) bond motifs is 1. The molecule has 1 unspecified atom stereocenters. The Kier molecular flexibility index (Phi) is 3.18. The van der Waals surface area contributed by atoms with Gasteiger partial charge in [0, 0.05) is 6.04 Å². The second-order valence-corrected chi connectivity index (χ2v) is 5.34. The van der Waals surface area contributed by atoms with E-state index in [4.69, 9.17) is 10.5 Å². The van der Waals surface area contributed by atoms with Crippen LogP contribution >= 0.6 is 0 Å². The fourth-order valence-electron chi connectivity index (χ4n) is 2.24. The van der Waals surface area contributed by atoms with Crippen molar-refractivity contribution in [2.45, 2.75) is 39.8 Å². The minimum Gasteiger partial charge on any atom is -0.486 e. The third-order valence-corrected chi connectivity index (χ3v) is 3.34. The van der Waals surface area contributed by atoms with E-state index in [-0.39, 0.29) is 6.10 Å². The highest BCUT2D eigenvalue weighted by molar-refractivity contribution is 5.76. The van der Waals surface area contributed by atoms with Gasteiger partial charge in [0.05, 0.1) is 12.2 Å². The van der Waals surface area contributed by atoms with Crippen molar-refractivity contribution in [1.29, 1.82) is 0 Å². The highest BCUT2D eigenvalue weighted by Gasteiger charge is 2.30. The molecule has 3 heteroatoms.